The maximum absolute atomic E-state index is 6.14. The first kappa shape index (κ1) is 14.3. The van der Waals surface area contributed by atoms with Crippen molar-refractivity contribution < 1.29 is 0 Å². The Labute approximate surface area is 113 Å². The first-order chi connectivity index (χ1) is 8.49. The predicted molar refractivity (Wildman–Crippen MR) is 78.6 cm³/mol. The van der Waals surface area contributed by atoms with Crippen molar-refractivity contribution in [1.82, 2.24) is 5.32 Å². The monoisotopic (exact) mass is 252 g/mol. The smallest absolute Gasteiger partial charge is 0.0309 e. The molecule has 2 aliphatic rings. The first-order valence-corrected chi connectivity index (χ1v) is 7.96. The Morgan fingerprint density at radius 1 is 1.17 bits per heavy atom. The molecule has 0 aliphatic heterocycles. The number of rotatable bonds is 4. The van der Waals surface area contributed by atoms with Crippen molar-refractivity contribution in [1.29, 1.82) is 0 Å². The van der Waals surface area contributed by atoms with Gasteiger partial charge in [-0.1, -0.05) is 40.0 Å². The van der Waals surface area contributed by atoms with Crippen molar-refractivity contribution >= 4 is 0 Å². The summed E-state index contributed by atoms with van der Waals surface area (Å²) in [7, 11) is 0. The molecule has 2 heteroatoms. The molecule has 2 saturated carbocycles. The average molecular weight is 252 g/mol. The molecule has 2 nitrogen and oxygen atoms in total. The standard InChI is InChI=1S/C16H32N2/c1-4-13-6-5-8-16(10-13,12-17)18-14-7-9-15(2,3)11-14/h13-14,18H,4-12,17H2,1-3H3. The molecule has 2 fully saturated rings. The van der Waals surface area contributed by atoms with Crippen LogP contribution in [0.15, 0.2) is 0 Å². The lowest BCUT2D eigenvalue weighted by atomic mass is 9.74. The van der Waals surface area contributed by atoms with Crippen molar-refractivity contribution in [2.45, 2.75) is 83.7 Å². The average Bonchev–Trinajstić information content (AvgIpc) is 2.68. The van der Waals surface area contributed by atoms with E-state index in [-0.39, 0.29) is 5.54 Å². The van der Waals surface area contributed by atoms with Gasteiger partial charge in [-0.3, -0.25) is 0 Å². The Hall–Kier alpha value is -0.0800. The van der Waals surface area contributed by atoms with E-state index in [9.17, 15) is 0 Å². The molecule has 0 amide bonds. The summed E-state index contributed by atoms with van der Waals surface area (Å²) in [6, 6.07) is 0.708. The van der Waals surface area contributed by atoms with Crippen LogP contribution in [0.5, 0.6) is 0 Å². The molecule has 0 heterocycles. The summed E-state index contributed by atoms with van der Waals surface area (Å²) in [5.41, 5.74) is 6.93. The maximum atomic E-state index is 6.14. The molecule has 0 aromatic carbocycles. The molecule has 0 aromatic rings. The van der Waals surface area contributed by atoms with Crippen LogP contribution >= 0.6 is 0 Å². The largest absolute Gasteiger partial charge is 0.329 e. The van der Waals surface area contributed by atoms with Crippen molar-refractivity contribution in [3.05, 3.63) is 0 Å². The summed E-state index contributed by atoms with van der Waals surface area (Å²) < 4.78 is 0. The first-order valence-electron chi connectivity index (χ1n) is 7.96. The van der Waals surface area contributed by atoms with Gasteiger partial charge in [0.2, 0.25) is 0 Å². The maximum Gasteiger partial charge on any atom is 0.0309 e. The molecular formula is C16H32N2. The molecule has 0 radical (unpaired) electrons. The second-order valence-corrected chi connectivity index (χ2v) is 7.60. The lowest BCUT2D eigenvalue weighted by molar-refractivity contribution is 0.161. The Balaban J connectivity index is 1.96. The van der Waals surface area contributed by atoms with Gasteiger partial charge < -0.3 is 11.1 Å². The van der Waals surface area contributed by atoms with E-state index >= 15 is 0 Å². The van der Waals surface area contributed by atoms with Gasteiger partial charge in [-0.05, 0) is 43.4 Å². The van der Waals surface area contributed by atoms with Crippen LogP contribution in [0.25, 0.3) is 0 Å². The zero-order valence-electron chi connectivity index (χ0n) is 12.6. The second-order valence-electron chi connectivity index (χ2n) is 7.60. The highest BCUT2D eigenvalue weighted by Crippen LogP contribution is 2.40. The van der Waals surface area contributed by atoms with Gasteiger partial charge in [-0.25, -0.2) is 0 Å². The zero-order valence-corrected chi connectivity index (χ0v) is 12.6. The van der Waals surface area contributed by atoms with Gasteiger partial charge in [0.05, 0.1) is 0 Å². The summed E-state index contributed by atoms with van der Waals surface area (Å²) in [6.07, 6.45) is 10.7. The fraction of sp³-hybridized carbons (Fsp3) is 1.00. The quantitative estimate of drug-likeness (QED) is 0.804. The Morgan fingerprint density at radius 2 is 1.94 bits per heavy atom. The van der Waals surface area contributed by atoms with E-state index in [0.29, 0.717) is 11.5 Å². The van der Waals surface area contributed by atoms with Crippen LogP contribution in [-0.4, -0.2) is 18.1 Å². The molecule has 0 aromatic heterocycles. The molecule has 18 heavy (non-hydrogen) atoms. The van der Waals surface area contributed by atoms with E-state index in [2.05, 4.69) is 26.1 Å². The highest BCUT2D eigenvalue weighted by Gasteiger charge is 2.39. The third kappa shape index (κ3) is 3.27. The van der Waals surface area contributed by atoms with Crippen LogP contribution in [-0.2, 0) is 0 Å². The lowest BCUT2D eigenvalue weighted by Crippen LogP contribution is -2.57. The van der Waals surface area contributed by atoms with Crippen molar-refractivity contribution in [2.24, 2.45) is 17.1 Å². The van der Waals surface area contributed by atoms with Gasteiger partial charge in [0.25, 0.3) is 0 Å². The summed E-state index contributed by atoms with van der Waals surface area (Å²) in [5.74, 6) is 0.893. The van der Waals surface area contributed by atoms with Crippen LogP contribution in [0.3, 0.4) is 0 Å². The van der Waals surface area contributed by atoms with E-state index in [1.54, 1.807) is 0 Å². The summed E-state index contributed by atoms with van der Waals surface area (Å²) in [6.45, 7) is 7.95. The van der Waals surface area contributed by atoms with Gasteiger partial charge in [-0.15, -0.1) is 0 Å². The van der Waals surface area contributed by atoms with E-state index in [0.717, 1.165) is 12.5 Å². The van der Waals surface area contributed by atoms with Gasteiger partial charge in [0, 0.05) is 18.1 Å². The molecule has 0 saturated heterocycles. The molecule has 0 spiro atoms. The van der Waals surface area contributed by atoms with Gasteiger partial charge >= 0.3 is 0 Å². The third-order valence-corrected chi connectivity index (χ3v) is 5.39. The minimum atomic E-state index is 0.254. The normalized spacial score (nSPS) is 40.0. The van der Waals surface area contributed by atoms with Crippen LogP contribution < -0.4 is 11.1 Å². The zero-order chi connectivity index (χ0) is 13.2. The Bertz CT molecular complexity index is 274. The van der Waals surface area contributed by atoms with E-state index in [1.807, 2.05) is 0 Å². The van der Waals surface area contributed by atoms with Crippen LogP contribution in [0, 0.1) is 11.3 Å². The number of nitrogens with two attached hydrogens (primary N) is 1. The fourth-order valence-electron chi connectivity index (χ4n) is 4.20. The fourth-order valence-corrected chi connectivity index (χ4v) is 4.20. The molecule has 106 valence electrons. The van der Waals surface area contributed by atoms with Crippen LogP contribution in [0.1, 0.15) is 72.1 Å². The third-order valence-electron chi connectivity index (χ3n) is 5.39. The summed E-state index contributed by atoms with van der Waals surface area (Å²) in [4.78, 5) is 0. The van der Waals surface area contributed by atoms with E-state index in [1.165, 1.54) is 51.4 Å². The molecule has 3 unspecified atom stereocenters. The summed E-state index contributed by atoms with van der Waals surface area (Å²) >= 11 is 0. The highest BCUT2D eigenvalue weighted by molar-refractivity contribution is 4.99. The molecular weight excluding hydrogens is 220 g/mol. The minimum absolute atomic E-state index is 0.254. The number of hydrogen-bond acceptors (Lipinski definition) is 2. The number of nitrogens with one attached hydrogen (secondary N) is 1. The number of hydrogen-bond donors (Lipinski definition) is 2. The molecule has 0 bridgehead atoms. The van der Waals surface area contributed by atoms with Crippen LogP contribution in [0.4, 0.5) is 0 Å². The van der Waals surface area contributed by atoms with Crippen molar-refractivity contribution in [2.75, 3.05) is 6.54 Å². The Kier molecular flexibility index (Phi) is 4.38. The lowest BCUT2D eigenvalue weighted by Gasteiger charge is -2.43. The van der Waals surface area contributed by atoms with E-state index in [4.69, 9.17) is 5.73 Å². The SMILES string of the molecule is CCC1CCCC(CN)(NC2CCC(C)(C)C2)C1. The second kappa shape index (κ2) is 5.50. The van der Waals surface area contributed by atoms with Gasteiger partial charge in [0.15, 0.2) is 0 Å². The topological polar surface area (TPSA) is 38.0 Å². The van der Waals surface area contributed by atoms with Crippen molar-refractivity contribution in [3.8, 4) is 0 Å². The van der Waals surface area contributed by atoms with Gasteiger partial charge in [0.1, 0.15) is 0 Å². The highest BCUT2D eigenvalue weighted by atomic mass is 15.0. The molecule has 2 rings (SSSR count). The molecule has 3 atom stereocenters. The summed E-state index contributed by atoms with van der Waals surface area (Å²) in [5, 5.41) is 3.98. The van der Waals surface area contributed by atoms with Crippen LogP contribution in [0.2, 0.25) is 0 Å². The molecule has 2 aliphatic carbocycles. The minimum Gasteiger partial charge on any atom is -0.329 e. The molecule has 3 N–H and O–H groups in total. The van der Waals surface area contributed by atoms with Gasteiger partial charge in [-0.2, -0.15) is 0 Å². The predicted octanol–water partition coefficient (Wildman–Crippen LogP) is 3.45. The van der Waals surface area contributed by atoms with E-state index < -0.39 is 0 Å². The Morgan fingerprint density at radius 3 is 2.50 bits per heavy atom. The van der Waals surface area contributed by atoms with Crippen molar-refractivity contribution in [3.63, 3.8) is 0 Å².